The summed E-state index contributed by atoms with van der Waals surface area (Å²) in [6, 6.07) is 42.5. The van der Waals surface area contributed by atoms with E-state index >= 15 is 0 Å². The zero-order valence-corrected chi connectivity index (χ0v) is 28.7. The van der Waals surface area contributed by atoms with Crippen LogP contribution in [0.3, 0.4) is 0 Å². The van der Waals surface area contributed by atoms with Gasteiger partial charge in [0.1, 0.15) is 0 Å². The number of nitrogens with zero attached hydrogens (tertiary/aromatic N) is 2. The van der Waals surface area contributed by atoms with Crippen molar-refractivity contribution in [1.82, 2.24) is 0 Å². The van der Waals surface area contributed by atoms with Gasteiger partial charge in [0.15, 0.2) is 0 Å². The van der Waals surface area contributed by atoms with Crippen LogP contribution in [-0.4, -0.2) is 6.71 Å². The zero-order chi connectivity index (χ0) is 32.2. The Bertz CT molecular complexity index is 1800. The van der Waals surface area contributed by atoms with Gasteiger partial charge in [0.05, 0.1) is 0 Å². The number of hydrogen-bond acceptors (Lipinski definition) is 2. The van der Waals surface area contributed by atoms with Crippen molar-refractivity contribution in [3.05, 3.63) is 126 Å². The van der Waals surface area contributed by atoms with Gasteiger partial charge in [-0.25, -0.2) is 0 Å². The summed E-state index contributed by atoms with van der Waals surface area (Å²) in [5, 5.41) is 0. The molecule has 240 valence electrons. The second kappa shape index (κ2) is 12.3. The van der Waals surface area contributed by atoms with Gasteiger partial charge in [0.25, 0.3) is 6.71 Å². The van der Waals surface area contributed by atoms with E-state index in [1.807, 2.05) is 0 Å². The number of para-hydroxylation sites is 2. The van der Waals surface area contributed by atoms with Crippen LogP contribution >= 0.6 is 0 Å². The molecular formula is C45H47BN2. The molecule has 2 heterocycles. The average Bonchev–Trinajstić information content (AvgIpc) is 3.15. The number of anilines is 6. The minimum atomic E-state index is 0.182. The molecule has 3 heteroatoms. The van der Waals surface area contributed by atoms with Crippen LogP contribution in [0.15, 0.2) is 109 Å². The van der Waals surface area contributed by atoms with Gasteiger partial charge in [-0.15, -0.1) is 0 Å². The topological polar surface area (TPSA) is 6.48 Å². The number of benzene rings is 5. The average molecular weight is 627 g/mol. The highest BCUT2D eigenvalue weighted by molar-refractivity contribution is 7.00. The Labute approximate surface area is 287 Å². The van der Waals surface area contributed by atoms with Crippen molar-refractivity contribution in [3.63, 3.8) is 0 Å². The quantitative estimate of drug-likeness (QED) is 0.175. The summed E-state index contributed by atoms with van der Waals surface area (Å²) in [5.41, 5.74) is 16.6. The molecule has 4 aliphatic rings. The van der Waals surface area contributed by atoms with Crippen LogP contribution in [0.1, 0.15) is 112 Å². The molecule has 2 nitrogen and oxygen atoms in total. The fourth-order valence-corrected chi connectivity index (χ4v) is 9.47. The standard InChI is InChI=1S/C45H47BN2/c1-31(2)36-29-43-45-44(30-36)48(38-21-13-6-14-22-38)42-28-35(33-17-9-4-10-18-33)24-26-40(42)46(45)39-25-23-34(32-15-7-3-8-16-32)27-41(39)47(43)37-19-11-5-12-20-37/h5-6,11-14,19-33H,3-4,7-10,15-18H2,1-2H3. The van der Waals surface area contributed by atoms with Crippen LogP contribution in [-0.2, 0) is 0 Å². The first kappa shape index (κ1) is 29.9. The highest BCUT2D eigenvalue weighted by atomic mass is 15.2. The Morgan fingerprint density at radius 1 is 0.500 bits per heavy atom. The summed E-state index contributed by atoms with van der Waals surface area (Å²) in [4.78, 5) is 5.21. The highest BCUT2D eigenvalue weighted by Gasteiger charge is 2.44. The summed E-state index contributed by atoms with van der Waals surface area (Å²) >= 11 is 0. The first-order valence-electron chi connectivity index (χ1n) is 18.8. The van der Waals surface area contributed by atoms with E-state index < -0.39 is 0 Å². The van der Waals surface area contributed by atoms with Crippen molar-refractivity contribution >= 4 is 57.2 Å². The first-order chi connectivity index (χ1) is 23.7. The minimum Gasteiger partial charge on any atom is -0.311 e. The van der Waals surface area contributed by atoms with E-state index in [2.05, 4.69) is 133 Å². The second-order valence-electron chi connectivity index (χ2n) is 15.2. The summed E-state index contributed by atoms with van der Waals surface area (Å²) < 4.78 is 0. The van der Waals surface area contributed by atoms with Gasteiger partial charge in [-0.05, 0) is 125 Å². The van der Waals surface area contributed by atoms with E-state index in [1.165, 1.54) is 131 Å². The SMILES string of the molecule is CC(C)c1cc2c3c(c1)N(c1ccccc1)c1cc(C4CCCCC4)ccc1B3c1ccc(C3CCCCC3)cc1N2c1ccccc1. The monoisotopic (exact) mass is 626 g/mol. The minimum absolute atomic E-state index is 0.182. The van der Waals surface area contributed by atoms with E-state index in [-0.39, 0.29) is 6.71 Å². The maximum atomic E-state index is 2.60. The lowest BCUT2D eigenvalue weighted by molar-refractivity contribution is 0.444. The van der Waals surface area contributed by atoms with Crippen LogP contribution in [0.5, 0.6) is 0 Å². The fourth-order valence-electron chi connectivity index (χ4n) is 9.47. The van der Waals surface area contributed by atoms with Gasteiger partial charge >= 0.3 is 0 Å². The van der Waals surface area contributed by atoms with Gasteiger partial charge in [-0.2, -0.15) is 0 Å². The zero-order valence-electron chi connectivity index (χ0n) is 28.7. The van der Waals surface area contributed by atoms with Crippen molar-refractivity contribution < 1.29 is 0 Å². The van der Waals surface area contributed by atoms with Crippen molar-refractivity contribution in [3.8, 4) is 0 Å². The summed E-state index contributed by atoms with van der Waals surface area (Å²) in [5.74, 6) is 1.72. The molecule has 0 atom stereocenters. The highest BCUT2D eigenvalue weighted by Crippen LogP contribution is 2.47. The second-order valence-corrected chi connectivity index (χ2v) is 15.2. The molecule has 0 N–H and O–H groups in total. The normalized spacial score (nSPS) is 17.7. The smallest absolute Gasteiger partial charge is 0.252 e. The Morgan fingerprint density at radius 3 is 1.35 bits per heavy atom. The molecule has 0 spiro atoms. The van der Waals surface area contributed by atoms with Crippen molar-refractivity contribution in [2.24, 2.45) is 0 Å². The van der Waals surface area contributed by atoms with Crippen molar-refractivity contribution in [2.45, 2.75) is 95.8 Å². The Morgan fingerprint density at radius 2 is 0.938 bits per heavy atom. The predicted molar refractivity (Wildman–Crippen MR) is 206 cm³/mol. The van der Waals surface area contributed by atoms with E-state index in [1.54, 1.807) is 0 Å². The molecule has 5 aromatic rings. The van der Waals surface area contributed by atoms with E-state index in [9.17, 15) is 0 Å². The first-order valence-corrected chi connectivity index (χ1v) is 18.8. The molecule has 2 aliphatic carbocycles. The maximum absolute atomic E-state index is 2.60. The molecule has 0 unspecified atom stereocenters. The van der Waals surface area contributed by atoms with Crippen LogP contribution in [0.4, 0.5) is 34.1 Å². The third kappa shape index (κ3) is 5.00. The maximum Gasteiger partial charge on any atom is 0.252 e. The predicted octanol–water partition coefficient (Wildman–Crippen LogP) is 11.0. The molecular weight excluding hydrogens is 579 g/mol. The molecule has 0 radical (unpaired) electrons. The third-order valence-corrected chi connectivity index (χ3v) is 12.0. The lowest BCUT2D eigenvalue weighted by Crippen LogP contribution is -2.61. The van der Waals surface area contributed by atoms with Crippen molar-refractivity contribution in [1.29, 1.82) is 0 Å². The lowest BCUT2D eigenvalue weighted by Gasteiger charge is -2.45. The summed E-state index contributed by atoms with van der Waals surface area (Å²) in [6.07, 6.45) is 13.4. The fraction of sp³-hybridized carbons (Fsp3) is 0.333. The molecule has 2 saturated carbocycles. The number of fused-ring (bicyclic) bond motifs is 4. The largest absolute Gasteiger partial charge is 0.311 e. The number of hydrogen-bond donors (Lipinski definition) is 0. The van der Waals surface area contributed by atoms with Crippen LogP contribution in [0.2, 0.25) is 0 Å². The molecule has 5 aromatic carbocycles. The van der Waals surface area contributed by atoms with Crippen LogP contribution in [0.25, 0.3) is 0 Å². The van der Waals surface area contributed by atoms with E-state index in [4.69, 9.17) is 0 Å². The molecule has 9 rings (SSSR count). The van der Waals surface area contributed by atoms with Crippen LogP contribution < -0.4 is 26.2 Å². The van der Waals surface area contributed by atoms with E-state index in [0.29, 0.717) is 17.8 Å². The van der Waals surface area contributed by atoms with Gasteiger partial charge in [-0.1, -0.05) is 113 Å². The van der Waals surface area contributed by atoms with Crippen molar-refractivity contribution in [2.75, 3.05) is 9.80 Å². The Hall–Kier alpha value is -4.24. The number of rotatable bonds is 5. The molecule has 2 aliphatic heterocycles. The summed E-state index contributed by atoms with van der Waals surface area (Å²) in [7, 11) is 0. The third-order valence-electron chi connectivity index (χ3n) is 12.0. The molecule has 0 saturated heterocycles. The van der Waals surface area contributed by atoms with E-state index in [0.717, 1.165) is 0 Å². The molecule has 0 aromatic heterocycles. The van der Waals surface area contributed by atoms with Gasteiger partial charge in [0.2, 0.25) is 0 Å². The molecule has 0 bridgehead atoms. The van der Waals surface area contributed by atoms with Crippen LogP contribution in [0, 0.1) is 0 Å². The summed E-state index contributed by atoms with van der Waals surface area (Å²) in [6.45, 7) is 4.88. The van der Waals surface area contributed by atoms with Gasteiger partial charge in [-0.3, -0.25) is 0 Å². The Kier molecular flexibility index (Phi) is 7.68. The van der Waals surface area contributed by atoms with Gasteiger partial charge < -0.3 is 9.80 Å². The molecule has 0 amide bonds. The molecule has 2 fully saturated rings. The van der Waals surface area contributed by atoms with Gasteiger partial charge in [0, 0.05) is 34.1 Å². The Balaban J connectivity index is 1.33. The molecule has 48 heavy (non-hydrogen) atoms. The lowest BCUT2D eigenvalue weighted by atomic mass is 9.33.